The molecule has 0 atom stereocenters. The van der Waals surface area contributed by atoms with Gasteiger partial charge in [0.05, 0.1) is 0 Å². The Hall–Kier alpha value is -1.32. The fraction of sp³-hybridized carbons (Fsp3) is 0.333. The summed E-state index contributed by atoms with van der Waals surface area (Å²) in [5, 5.41) is 3.36. The molecule has 0 saturated carbocycles. The summed E-state index contributed by atoms with van der Waals surface area (Å²) in [7, 11) is 2.13. The van der Waals surface area contributed by atoms with E-state index < -0.39 is 0 Å². The molecule has 0 unspecified atom stereocenters. The standard InChI is InChI=1S/C18H23BrN2/c1-4-20-12-16-9-10-17(11-18(16)19)21(3)13-15-7-5-14(2)6-8-15/h5-11,20H,4,12-13H2,1-3H3. The van der Waals surface area contributed by atoms with Gasteiger partial charge in [0.25, 0.3) is 0 Å². The van der Waals surface area contributed by atoms with Crippen LogP contribution in [0.5, 0.6) is 0 Å². The second kappa shape index (κ2) is 7.62. The molecule has 21 heavy (non-hydrogen) atoms. The van der Waals surface area contributed by atoms with Crippen molar-refractivity contribution in [3.8, 4) is 0 Å². The quantitative estimate of drug-likeness (QED) is 0.828. The number of nitrogens with one attached hydrogen (secondary N) is 1. The van der Waals surface area contributed by atoms with Gasteiger partial charge in [-0.05, 0) is 36.7 Å². The minimum Gasteiger partial charge on any atom is -0.370 e. The Kier molecular flexibility index (Phi) is 5.83. The first kappa shape index (κ1) is 16.1. The summed E-state index contributed by atoms with van der Waals surface area (Å²) < 4.78 is 1.16. The van der Waals surface area contributed by atoms with Crippen LogP contribution in [0, 0.1) is 6.92 Å². The predicted octanol–water partition coefficient (Wildman–Crippen LogP) is 4.50. The van der Waals surface area contributed by atoms with Crippen LogP contribution in [0.3, 0.4) is 0 Å². The zero-order valence-electron chi connectivity index (χ0n) is 13.0. The molecule has 0 aliphatic rings. The number of nitrogens with zero attached hydrogens (tertiary/aromatic N) is 1. The number of hydrogen-bond donors (Lipinski definition) is 1. The van der Waals surface area contributed by atoms with Crippen LogP contribution in [-0.4, -0.2) is 13.6 Å². The molecule has 2 aromatic carbocycles. The predicted molar refractivity (Wildman–Crippen MR) is 94.8 cm³/mol. The van der Waals surface area contributed by atoms with E-state index >= 15 is 0 Å². The van der Waals surface area contributed by atoms with Crippen LogP contribution in [0.2, 0.25) is 0 Å². The maximum Gasteiger partial charge on any atom is 0.0426 e. The topological polar surface area (TPSA) is 15.3 Å². The molecule has 2 nitrogen and oxygen atoms in total. The van der Waals surface area contributed by atoms with E-state index in [0.29, 0.717) is 0 Å². The average Bonchev–Trinajstić information content (AvgIpc) is 2.48. The third-order valence-corrected chi connectivity index (χ3v) is 4.32. The van der Waals surface area contributed by atoms with Crippen molar-refractivity contribution >= 4 is 21.6 Å². The third-order valence-electron chi connectivity index (χ3n) is 3.58. The summed E-state index contributed by atoms with van der Waals surface area (Å²) in [5.41, 5.74) is 5.15. The molecular weight excluding hydrogens is 324 g/mol. The van der Waals surface area contributed by atoms with Crippen molar-refractivity contribution < 1.29 is 0 Å². The fourth-order valence-electron chi connectivity index (χ4n) is 2.24. The maximum atomic E-state index is 3.67. The summed E-state index contributed by atoms with van der Waals surface area (Å²) >= 11 is 3.67. The zero-order chi connectivity index (χ0) is 15.2. The molecule has 0 aliphatic heterocycles. The highest BCUT2D eigenvalue weighted by Gasteiger charge is 2.06. The summed E-state index contributed by atoms with van der Waals surface area (Å²) in [6.45, 7) is 7.05. The number of aryl methyl sites for hydroxylation is 1. The lowest BCUT2D eigenvalue weighted by atomic mass is 10.1. The summed E-state index contributed by atoms with van der Waals surface area (Å²) in [5.74, 6) is 0. The molecule has 0 aliphatic carbocycles. The van der Waals surface area contributed by atoms with Gasteiger partial charge in [0.15, 0.2) is 0 Å². The molecule has 0 spiro atoms. The highest BCUT2D eigenvalue weighted by Crippen LogP contribution is 2.24. The number of halogens is 1. The van der Waals surface area contributed by atoms with Crippen molar-refractivity contribution in [3.63, 3.8) is 0 Å². The van der Waals surface area contributed by atoms with Gasteiger partial charge in [-0.15, -0.1) is 0 Å². The van der Waals surface area contributed by atoms with Gasteiger partial charge in [0.1, 0.15) is 0 Å². The lowest BCUT2D eigenvalue weighted by Gasteiger charge is -2.20. The Labute approximate surface area is 136 Å². The van der Waals surface area contributed by atoms with Gasteiger partial charge in [-0.2, -0.15) is 0 Å². The largest absolute Gasteiger partial charge is 0.370 e. The summed E-state index contributed by atoms with van der Waals surface area (Å²) in [4.78, 5) is 2.27. The fourth-order valence-corrected chi connectivity index (χ4v) is 2.74. The Morgan fingerprint density at radius 3 is 2.43 bits per heavy atom. The summed E-state index contributed by atoms with van der Waals surface area (Å²) in [6.07, 6.45) is 0. The first-order chi connectivity index (χ1) is 10.1. The second-order valence-corrected chi connectivity index (χ2v) is 6.25. The number of benzene rings is 2. The van der Waals surface area contributed by atoms with Crippen molar-refractivity contribution in [1.82, 2.24) is 5.32 Å². The molecule has 0 fully saturated rings. The van der Waals surface area contributed by atoms with Crippen molar-refractivity contribution in [3.05, 3.63) is 63.6 Å². The molecule has 0 heterocycles. The second-order valence-electron chi connectivity index (χ2n) is 5.40. The van der Waals surface area contributed by atoms with E-state index in [0.717, 1.165) is 24.1 Å². The van der Waals surface area contributed by atoms with Crippen LogP contribution in [-0.2, 0) is 13.1 Å². The van der Waals surface area contributed by atoms with Crippen LogP contribution in [0.1, 0.15) is 23.6 Å². The van der Waals surface area contributed by atoms with Gasteiger partial charge in [-0.3, -0.25) is 0 Å². The molecule has 3 heteroatoms. The lowest BCUT2D eigenvalue weighted by Crippen LogP contribution is -2.17. The Morgan fingerprint density at radius 2 is 1.81 bits per heavy atom. The average molecular weight is 347 g/mol. The summed E-state index contributed by atoms with van der Waals surface area (Å²) in [6, 6.07) is 15.3. The SMILES string of the molecule is CCNCc1ccc(N(C)Cc2ccc(C)cc2)cc1Br. The maximum absolute atomic E-state index is 3.67. The van der Waals surface area contributed by atoms with Gasteiger partial charge in [0.2, 0.25) is 0 Å². The van der Waals surface area contributed by atoms with E-state index in [4.69, 9.17) is 0 Å². The highest BCUT2D eigenvalue weighted by molar-refractivity contribution is 9.10. The molecule has 0 bridgehead atoms. The molecule has 0 saturated heterocycles. The van der Waals surface area contributed by atoms with E-state index in [1.165, 1.54) is 22.4 Å². The molecule has 0 radical (unpaired) electrons. The monoisotopic (exact) mass is 346 g/mol. The molecule has 2 aromatic rings. The molecule has 0 aromatic heterocycles. The molecule has 112 valence electrons. The van der Waals surface area contributed by atoms with Crippen LogP contribution in [0.25, 0.3) is 0 Å². The molecule has 2 rings (SSSR count). The van der Waals surface area contributed by atoms with Gasteiger partial charge >= 0.3 is 0 Å². The van der Waals surface area contributed by atoms with Crippen molar-refractivity contribution in [1.29, 1.82) is 0 Å². The van der Waals surface area contributed by atoms with E-state index in [2.05, 4.69) is 89.5 Å². The van der Waals surface area contributed by atoms with Crippen LogP contribution in [0.4, 0.5) is 5.69 Å². The molecule has 1 N–H and O–H groups in total. The lowest BCUT2D eigenvalue weighted by molar-refractivity contribution is 0.724. The van der Waals surface area contributed by atoms with E-state index in [1.807, 2.05) is 0 Å². The number of anilines is 1. The van der Waals surface area contributed by atoms with Crippen LogP contribution < -0.4 is 10.2 Å². The van der Waals surface area contributed by atoms with Crippen LogP contribution >= 0.6 is 15.9 Å². The highest BCUT2D eigenvalue weighted by atomic mass is 79.9. The van der Waals surface area contributed by atoms with Crippen LogP contribution in [0.15, 0.2) is 46.9 Å². The Morgan fingerprint density at radius 1 is 1.10 bits per heavy atom. The first-order valence-corrected chi connectivity index (χ1v) is 8.15. The van der Waals surface area contributed by atoms with Crippen molar-refractivity contribution in [2.24, 2.45) is 0 Å². The van der Waals surface area contributed by atoms with Crippen molar-refractivity contribution in [2.75, 3.05) is 18.5 Å². The smallest absolute Gasteiger partial charge is 0.0426 e. The van der Waals surface area contributed by atoms with E-state index in [1.54, 1.807) is 0 Å². The number of rotatable bonds is 6. The normalized spacial score (nSPS) is 10.7. The Bertz CT molecular complexity index is 578. The van der Waals surface area contributed by atoms with Gasteiger partial charge < -0.3 is 10.2 Å². The van der Waals surface area contributed by atoms with Gasteiger partial charge in [0, 0.05) is 30.3 Å². The minimum absolute atomic E-state index is 0.902. The van der Waals surface area contributed by atoms with Gasteiger partial charge in [-0.1, -0.05) is 58.7 Å². The molecule has 0 amide bonds. The van der Waals surface area contributed by atoms with Crippen molar-refractivity contribution in [2.45, 2.75) is 26.9 Å². The minimum atomic E-state index is 0.902. The Balaban J connectivity index is 2.06. The third kappa shape index (κ3) is 4.58. The van der Waals surface area contributed by atoms with E-state index in [-0.39, 0.29) is 0 Å². The van der Waals surface area contributed by atoms with E-state index in [9.17, 15) is 0 Å². The first-order valence-electron chi connectivity index (χ1n) is 7.36. The zero-order valence-corrected chi connectivity index (χ0v) is 14.6. The number of hydrogen-bond acceptors (Lipinski definition) is 2. The molecular formula is C18H23BrN2. The van der Waals surface area contributed by atoms with Gasteiger partial charge in [-0.25, -0.2) is 0 Å².